The predicted molar refractivity (Wildman–Crippen MR) is 87.7 cm³/mol. The highest BCUT2D eigenvalue weighted by Gasteiger charge is 2.10. The van der Waals surface area contributed by atoms with Gasteiger partial charge in [0.25, 0.3) is 0 Å². The van der Waals surface area contributed by atoms with E-state index in [2.05, 4.69) is 9.87 Å². The molecule has 5 heteroatoms. The second-order valence-corrected chi connectivity index (χ2v) is 4.87. The zero-order valence-electron chi connectivity index (χ0n) is 13.6. The standard InChI is InChI=1S/C18H21NO4/c1-14-7-6-10-18(19-14)22-12-15-8-4-5-9-17(15)16(11-20-2)13-23-21-3/h4-11H,12-13H2,1-3H3/b16-11-. The van der Waals surface area contributed by atoms with Gasteiger partial charge in [-0.2, -0.15) is 0 Å². The van der Waals surface area contributed by atoms with Crippen LogP contribution in [0.4, 0.5) is 0 Å². The number of aryl methyl sites for hydroxylation is 1. The van der Waals surface area contributed by atoms with E-state index in [0.29, 0.717) is 12.5 Å². The summed E-state index contributed by atoms with van der Waals surface area (Å²) in [5.74, 6) is 0.602. The maximum absolute atomic E-state index is 5.80. The lowest BCUT2D eigenvalue weighted by atomic mass is 10.0. The van der Waals surface area contributed by atoms with Crippen LogP contribution in [0.25, 0.3) is 5.57 Å². The van der Waals surface area contributed by atoms with Crippen LogP contribution in [0, 0.1) is 6.92 Å². The summed E-state index contributed by atoms with van der Waals surface area (Å²) >= 11 is 0. The number of rotatable bonds is 8. The van der Waals surface area contributed by atoms with E-state index in [1.807, 2.05) is 49.4 Å². The summed E-state index contributed by atoms with van der Waals surface area (Å²) in [6, 6.07) is 13.6. The quantitative estimate of drug-likeness (QED) is 0.424. The van der Waals surface area contributed by atoms with Crippen molar-refractivity contribution in [2.24, 2.45) is 0 Å². The van der Waals surface area contributed by atoms with Gasteiger partial charge in [0, 0.05) is 17.3 Å². The van der Waals surface area contributed by atoms with Crippen molar-refractivity contribution in [3.63, 3.8) is 0 Å². The fraction of sp³-hybridized carbons (Fsp3) is 0.278. The molecule has 1 aromatic carbocycles. The molecule has 2 rings (SSSR count). The maximum atomic E-state index is 5.80. The Hall–Kier alpha value is -2.37. The van der Waals surface area contributed by atoms with E-state index >= 15 is 0 Å². The second-order valence-electron chi connectivity index (χ2n) is 4.87. The van der Waals surface area contributed by atoms with Crippen molar-refractivity contribution in [3.8, 4) is 5.88 Å². The van der Waals surface area contributed by atoms with Gasteiger partial charge in [0.05, 0.1) is 20.5 Å². The minimum atomic E-state index is 0.282. The summed E-state index contributed by atoms with van der Waals surface area (Å²) in [6.07, 6.45) is 1.64. The Bertz CT molecular complexity index is 655. The van der Waals surface area contributed by atoms with Crippen LogP contribution in [0.1, 0.15) is 16.8 Å². The first-order valence-electron chi connectivity index (χ1n) is 7.26. The topological polar surface area (TPSA) is 49.8 Å². The van der Waals surface area contributed by atoms with Gasteiger partial charge in [-0.1, -0.05) is 30.3 Å². The number of hydrogen-bond donors (Lipinski definition) is 0. The van der Waals surface area contributed by atoms with Crippen molar-refractivity contribution in [3.05, 3.63) is 65.5 Å². The van der Waals surface area contributed by atoms with E-state index < -0.39 is 0 Å². The van der Waals surface area contributed by atoms with E-state index in [1.54, 1.807) is 13.4 Å². The fourth-order valence-electron chi connectivity index (χ4n) is 2.15. The normalized spacial score (nSPS) is 11.3. The predicted octanol–water partition coefficient (Wildman–Crippen LogP) is 3.53. The SMILES string of the molecule is CO/C=C(/COOC)c1ccccc1COc1cccc(C)n1. The molecule has 1 aromatic heterocycles. The number of aromatic nitrogens is 1. The van der Waals surface area contributed by atoms with Crippen molar-refractivity contribution in [2.45, 2.75) is 13.5 Å². The molecule has 0 saturated carbocycles. The summed E-state index contributed by atoms with van der Waals surface area (Å²) in [5.41, 5.74) is 3.79. The molecular weight excluding hydrogens is 294 g/mol. The van der Waals surface area contributed by atoms with Crippen LogP contribution in [0.15, 0.2) is 48.7 Å². The first-order chi connectivity index (χ1) is 11.2. The number of ether oxygens (including phenoxy) is 2. The van der Waals surface area contributed by atoms with Crippen molar-refractivity contribution in [1.82, 2.24) is 4.98 Å². The summed E-state index contributed by atoms with van der Waals surface area (Å²) in [4.78, 5) is 14.1. The lowest BCUT2D eigenvalue weighted by molar-refractivity contribution is -0.261. The van der Waals surface area contributed by atoms with Gasteiger partial charge in [-0.05, 0) is 24.1 Å². The molecule has 0 radical (unpaired) electrons. The first kappa shape index (κ1) is 17.0. The van der Waals surface area contributed by atoms with Gasteiger partial charge < -0.3 is 9.47 Å². The Morgan fingerprint density at radius 3 is 2.65 bits per heavy atom. The summed E-state index contributed by atoms with van der Waals surface area (Å²) < 4.78 is 10.9. The molecule has 0 fully saturated rings. The molecule has 0 saturated heterocycles. The summed E-state index contributed by atoms with van der Waals surface area (Å²) in [5, 5.41) is 0. The highest BCUT2D eigenvalue weighted by atomic mass is 17.2. The number of benzene rings is 1. The van der Waals surface area contributed by atoms with Crippen LogP contribution >= 0.6 is 0 Å². The molecule has 0 atom stereocenters. The Morgan fingerprint density at radius 1 is 1.09 bits per heavy atom. The van der Waals surface area contributed by atoms with Gasteiger partial charge in [-0.25, -0.2) is 14.8 Å². The van der Waals surface area contributed by atoms with Crippen molar-refractivity contribution < 1.29 is 19.2 Å². The first-order valence-corrected chi connectivity index (χ1v) is 7.26. The summed E-state index contributed by atoms with van der Waals surface area (Å²) in [7, 11) is 3.07. The van der Waals surface area contributed by atoms with Crippen LogP contribution in [-0.4, -0.2) is 25.8 Å². The van der Waals surface area contributed by atoms with E-state index in [1.165, 1.54) is 7.11 Å². The van der Waals surface area contributed by atoms with E-state index in [4.69, 9.17) is 14.4 Å². The van der Waals surface area contributed by atoms with E-state index in [-0.39, 0.29) is 6.61 Å². The molecule has 1 heterocycles. The highest BCUT2D eigenvalue weighted by Crippen LogP contribution is 2.21. The Balaban J connectivity index is 2.17. The van der Waals surface area contributed by atoms with Gasteiger partial charge in [0.15, 0.2) is 0 Å². The van der Waals surface area contributed by atoms with Crippen LogP contribution in [0.5, 0.6) is 5.88 Å². The number of methoxy groups -OCH3 is 1. The van der Waals surface area contributed by atoms with Crippen LogP contribution in [-0.2, 0) is 21.1 Å². The van der Waals surface area contributed by atoms with Gasteiger partial charge in [0.2, 0.25) is 5.88 Å². The van der Waals surface area contributed by atoms with Crippen molar-refractivity contribution in [1.29, 1.82) is 0 Å². The number of hydrogen-bond acceptors (Lipinski definition) is 5. The largest absolute Gasteiger partial charge is 0.504 e. The molecule has 0 unspecified atom stereocenters. The number of pyridine rings is 1. The smallest absolute Gasteiger partial charge is 0.213 e. The van der Waals surface area contributed by atoms with Crippen LogP contribution in [0.3, 0.4) is 0 Å². The minimum absolute atomic E-state index is 0.282. The molecule has 2 aromatic rings. The Labute approximate surface area is 136 Å². The zero-order valence-corrected chi connectivity index (χ0v) is 13.6. The third-order valence-corrected chi connectivity index (χ3v) is 3.19. The molecular formula is C18H21NO4. The molecule has 0 N–H and O–H groups in total. The zero-order chi connectivity index (χ0) is 16.5. The van der Waals surface area contributed by atoms with Gasteiger partial charge in [0.1, 0.15) is 13.2 Å². The Kier molecular flexibility index (Phi) is 6.59. The van der Waals surface area contributed by atoms with Crippen molar-refractivity contribution >= 4 is 5.57 Å². The minimum Gasteiger partial charge on any atom is -0.504 e. The average Bonchev–Trinajstić information content (AvgIpc) is 2.57. The lowest BCUT2D eigenvalue weighted by Gasteiger charge is -2.13. The lowest BCUT2D eigenvalue weighted by Crippen LogP contribution is -2.04. The highest BCUT2D eigenvalue weighted by molar-refractivity contribution is 5.68. The molecule has 0 amide bonds. The molecule has 0 aliphatic rings. The monoisotopic (exact) mass is 315 g/mol. The van der Waals surface area contributed by atoms with E-state index in [9.17, 15) is 0 Å². The molecule has 0 aliphatic carbocycles. The van der Waals surface area contributed by atoms with Crippen LogP contribution in [0.2, 0.25) is 0 Å². The Morgan fingerprint density at radius 2 is 1.91 bits per heavy atom. The molecule has 5 nitrogen and oxygen atoms in total. The summed E-state index contributed by atoms with van der Waals surface area (Å²) in [6.45, 7) is 2.62. The molecule has 23 heavy (non-hydrogen) atoms. The third-order valence-electron chi connectivity index (χ3n) is 3.19. The fourth-order valence-corrected chi connectivity index (χ4v) is 2.15. The van der Waals surface area contributed by atoms with E-state index in [0.717, 1.165) is 22.4 Å². The van der Waals surface area contributed by atoms with Gasteiger partial charge in [-0.3, -0.25) is 0 Å². The second kappa shape index (κ2) is 8.92. The molecule has 122 valence electrons. The third kappa shape index (κ3) is 5.09. The maximum Gasteiger partial charge on any atom is 0.213 e. The molecule has 0 spiro atoms. The molecule has 0 bridgehead atoms. The average molecular weight is 315 g/mol. The van der Waals surface area contributed by atoms with Gasteiger partial charge >= 0.3 is 0 Å². The number of nitrogens with zero attached hydrogens (tertiary/aromatic N) is 1. The van der Waals surface area contributed by atoms with Crippen molar-refractivity contribution in [2.75, 3.05) is 20.8 Å². The molecule has 0 aliphatic heterocycles. The van der Waals surface area contributed by atoms with Gasteiger partial charge in [-0.15, -0.1) is 0 Å². The van der Waals surface area contributed by atoms with Crippen LogP contribution < -0.4 is 4.74 Å².